The second kappa shape index (κ2) is 5.42. The zero-order chi connectivity index (χ0) is 14.1. The lowest BCUT2D eigenvalue weighted by Crippen LogP contribution is -2.29. The molecule has 20 heavy (non-hydrogen) atoms. The van der Waals surface area contributed by atoms with Crippen LogP contribution in [-0.4, -0.2) is 17.5 Å². The SMILES string of the molecule is O=C(NC1COc2ccccc21)c1cc(Br)cnc1Cl. The van der Waals surface area contributed by atoms with Crippen LogP contribution < -0.4 is 10.1 Å². The maximum atomic E-state index is 12.3. The van der Waals surface area contributed by atoms with Crippen LogP contribution in [0.5, 0.6) is 5.75 Å². The minimum Gasteiger partial charge on any atom is -0.491 e. The Balaban J connectivity index is 1.82. The van der Waals surface area contributed by atoms with Gasteiger partial charge in [0.15, 0.2) is 0 Å². The largest absolute Gasteiger partial charge is 0.491 e. The van der Waals surface area contributed by atoms with Crippen LogP contribution in [0.15, 0.2) is 41.0 Å². The number of fused-ring (bicyclic) bond motifs is 1. The van der Waals surface area contributed by atoms with Gasteiger partial charge < -0.3 is 10.1 Å². The van der Waals surface area contributed by atoms with Crippen molar-refractivity contribution < 1.29 is 9.53 Å². The first kappa shape index (κ1) is 13.4. The molecule has 1 aromatic carbocycles. The number of para-hydroxylation sites is 1. The molecule has 1 amide bonds. The molecular weight excluding hydrogens is 344 g/mol. The van der Waals surface area contributed by atoms with Gasteiger partial charge in [-0.3, -0.25) is 4.79 Å². The van der Waals surface area contributed by atoms with Crippen LogP contribution in [0, 0.1) is 0 Å². The number of pyridine rings is 1. The van der Waals surface area contributed by atoms with Crippen LogP contribution in [-0.2, 0) is 0 Å². The van der Waals surface area contributed by atoms with E-state index in [1.54, 1.807) is 12.3 Å². The molecule has 1 N–H and O–H groups in total. The van der Waals surface area contributed by atoms with E-state index in [1.165, 1.54) is 0 Å². The number of amides is 1. The van der Waals surface area contributed by atoms with E-state index in [2.05, 4.69) is 26.2 Å². The molecule has 2 aromatic rings. The summed E-state index contributed by atoms with van der Waals surface area (Å²) in [6, 6.07) is 9.11. The van der Waals surface area contributed by atoms with E-state index in [0.717, 1.165) is 11.3 Å². The lowest BCUT2D eigenvalue weighted by atomic mass is 10.1. The number of halogens is 2. The minimum atomic E-state index is -0.269. The van der Waals surface area contributed by atoms with Gasteiger partial charge >= 0.3 is 0 Å². The first-order valence-corrected chi connectivity index (χ1v) is 7.16. The molecule has 0 saturated heterocycles. The van der Waals surface area contributed by atoms with Gasteiger partial charge in [0.05, 0.1) is 11.6 Å². The summed E-state index contributed by atoms with van der Waals surface area (Å²) in [6.07, 6.45) is 1.55. The highest BCUT2D eigenvalue weighted by Crippen LogP contribution is 2.32. The summed E-state index contributed by atoms with van der Waals surface area (Å²) in [5.74, 6) is 0.533. The number of nitrogens with one attached hydrogen (secondary N) is 1. The molecule has 6 heteroatoms. The van der Waals surface area contributed by atoms with E-state index in [4.69, 9.17) is 16.3 Å². The Hall–Kier alpha value is -1.59. The number of carbonyl (C=O) groups is 1. The van der Waals surface area contributed by atoms with E-state index in [9.17, 15) is 4.79 Å². The highest BCUT2D eigenvalue weighted by atomic mass is 79.9. The first-order valence-electron chi connectivity index (χ1n) is 5.99. The summed E-state index contributed by atoms with van der Waals surface area (Å²) in [5.41, 5.74) is 1.31. The Bertz CT molecular complexity index is 678. The van der Waals surface area contributed by atoms with Crippen molar-refractivity contribution >= 4 is 33.4 Å². The van der Waals surface area contributed by atoms with Crippen molar-refractivity contribution in [2.75, 3.05) is 6.61 Å². The average Bonchev–Trinajstić information content (AvgIpc) is 2.85. The van der Waals surface area contributed by atoms with Gasteiger partial charge in [0, 0.05) is 16.2 Å². The predicted octanol–water partition coefficient (Wildman–Crippen LogP) is 3.36. The van der Waals surface area contributed by atoms with Crippen LogP contribution in [0.1, 0.15) is 22.0 Å². The van der Waals surface area contributed by atoms with Gasteiger partial charge in [-0.1, -0.05) is 29.8 Å². The second-order valence-corrected chi connectivity index (χ2v) is 5.64. The highest BCUT2D eigenvalue weighted by Gasteiger charge is 2.26. The monoisotopic (exact) mass is 352 g/mol. The molecule has 2 heterocycles. The second-order valence-electron chi connectivity index (χ2n) is 4.37. The summed E-state index contributed by atoms with van der Waals surface area (Å²) in [7, 11) is 0. The fraction of sp³-hybridized carbons (Fsp3) is 0.143. The number of nitrogens with zero attached hydrogens (tertiary/aromatic N) is 1. The van der Waals surface area contributed by atoms with Crippen molar-refractivity contribution in [3.05, 3.63) is 57.3 Å². The summed E-state index contributed by atoms with van der Waals surface area (Å²) in [5, 5.41) is 3.09. The fourth-order valence-electron chi connectivity index (χ4n) is 2.10. The Labute approximate surface area is 129 Å². The molecule has 1 atom stereocenters. The Morgan fingerprint density at radius 2 is 2.25 bits per heavy atom. The molecule has 0 spiro atoms. The number of hydrogen-bond acceptors (Lipinski definition) is 3. The fourth-order valence-corrected chi connectivity index (χ4v) is 2.62. The van der Waals surface area contributed by atoms with Crippen molar-refractivity contribution in [3.8, 4) is 5.75 Å². The molecule has 0 radical (unpaired) electrons. The van der Waals surface area contributed by atoms with Gasteiger partial charge in [0.2, 0.25) is 0 Å². The van der Waals surface area contributed by atoms with Crippen LogP contribution in [0.2, 0.25) is 5.15 Å². The van der Waals surface area contributed by atoms with Crippen molar-refractivity contribution in [2.24, 2.45) is 0 Å². The molecule has 3 rings (SSSR count). The highest BCUT2D eigenvalue weighted by molar-refractivity contribution is 9.10. The van der Waals surface area contributed by atoms with Gasteiger partial charge in [0.25, 0.3) is 5.91 Å². The first-order chi connectivity index (χ1) is 9.65. The Morgan fingerprint density at radius 3 is 3.10 bits per heavy atom. The van der Waals surface area contributed by atoms with Crippen molar-refractivity contribution in [3.63, 3.8) is 0 Å². The van der Waals surface area contributed by atoms with Gasteiger partial charge in [-0.15, -0.1) is 0 Å². The maximum absolute atomic E-state index is 12.3. The number of carbonyl (C=O) groups excluding carboxylic acids is 1. The average molecular weight is 354 g/mol. The number of rotatable bonds is 2. The quantitative estimate of drug-likeness (QED) is 0.842. The normalized spacial score (nSPS) is 16.4. The predicted molar refractivity (Wildman–Crippen MR) is 79.1 cm³/mol. The van der Waals surface area contributed by atoms with E-state index < -0.39 is 0 Å². The van der Waals surface area contributed by atoms with Crippen molar-refractivity contribution in [1.29, 1.82) is 0 Å². The van der Waals surface area contributed by atoms with Crippen molar-refractivity contribution in [1.82, 2.24) is 10.3 Å². The molecule has 1 aliphatic rings. The van der Waals surface area contributed by atoms with Gasteiger partial charge in [0.1, 0.15) is 17.5 Å². The third kappa shape index (κ3) is 2.51. The topological polar surface area (TPSA) is 51.2 Å². The molecule has 1 unspecified atom stereocenters. The Kier molecular flexibility index (Phi) is 3.63. The lowest BCUT2D eigenvalue weighted by Gasteiger charge is -2.12. The lowest BCUT2D eigenvalue weighted by molar-refractivity contribution is 0.0930. The Morgan fingerprint density at radius 1 is 1.45 bits per heavy atom. The van der Waals surface area contributed by atoms with Gasteiger partial charge in [-0.2, -0.15) is 0 Å². The summed E-state index contributed by atoms with van der Waals surface area (Å²) in [6.45, 7) is 0.421. The number of ether oxygens (including phenoxy) is 1. The molecule has 1 aliphatic heterocycles. The molecule has 0 saturated carbocycles. The molecule has 0 fully saturated rings. The van der Waals surface area contributed by atoms with E-state index in [-0.39, 0.29) is 17.1 Å². The van der Waals surface area contributed by atoms with Crippen LogP contribution in [0.3, 0.4) is 0 Å². The molecule has 102 valence electrons. The summed E-state index contributed by atoms with van der Waals surface area (Å²) in [4.78, 5) is 16.2. The van der Waals surface area contributed by atoms with E-state index >= 15 is 0 Å². The summed E-state index contributed by atoms with van der Waals surface area (Å²) < 4.78 is 6.23. The van der Waals surface area contributed by atoms with Crippen LogP contribution in [0.25, 0.3) is 0 Å². The van der Waals surface area contributed by atoms with E-state index in [1.807, 2.05) is 24.3 Å². The number of aromatic nitrogens is 1. The van der Waals surface area contributed by atoms with Crippen LogP contribution >= 0.6 is 27.5 Å². The minimum absolute atomic E-state index is 0.172. The number of hydrogen-bond donors (Lipinski definition) is 1. The van der Waals surface area contributed by atoms with Crippen LogP contribution in [0.4, 0.5) is 0 Å². The third-order valence-electron chi connectivity index (χ3n) is 3.06. The van der Waals surface area contributed by atoms with Gasteiger partial charge in [-0.05, 0) is 28.1 Å². The molecule has 1 aromatic heterocycles. The zero-order valence-corrected chi connectivity index (χ0v) is 12.6. The maximum Gasteiger partial charge on any atom is 0.255 e. The molecular formula is C14H10BrClN2O2. The number of benzene rings is 1. The zero-order valence-electron chi connectivity index (χ0n) is 10.3. The molecule has 0 bridgehead atoms. The standard InChI is InChI=1S/C14H10BrClN2O2/c15-8-5-10(13(16)17-6-8)14(19)18-11-7-20-12-4-2-1-3-9(11)12/h1-6,11H,7H2,(H,18,19). The molecule has 4 nitrogen and oxygen atoms in total. The van der Waals surface area contributed by atoms with Gasteiger partial charge in [-0.25, -0.2) is 4.98 Å². The third-order valence-corrected chi connectivity index (χ3v) is 3.79. The smallest absolute Gasteiger partial charge is 0.255 e. The molecule has 0 aliphatic carbocycles. The van der Waals surface area contributed by atoms with Crippen molar-refractivity contribution in [2.45, 2.75) is 6.04 Å². The van der Waals surface area contributed by atoms with E-state index in [0.29, 0.717) is 16.6 Å². The summed E-state index contributed by atoms with van der Waals surface area (Å²) >= 11 is 9.23.